The molecule has 1 aliphatic heterocycles. The number of anilines is 2. The molecule has 1 aromatic heterocycles. The first-order valence-electron chi connectivity index (χ1n) is 6.82. The standard InChI is InChI=1S/C12H17N5O3/c13-11-9(17(18)19)7-14-12(15-11)16-5-6-20-10-4-2-1-3-8(10)16/h7-8,10H,1-6H2,(H2,13,14,15)/t8-,10-/m1/s1. The van der Waals surface area contributed by atoms with Gasteiger partial charge in [0.05, 0.1) is 23.7 Å². The maximum atomic E-state index is 10.7. The van der Waals surface area contributed by atoms with Crippen molar-refractivity contribution >= 4 is 17.5 Å². The lowest BCUT2D eigenvalue weighted by Crippen LogP contribution is -2.53. The van der Waals surface area contributed by atoms with E-state index in [9.17, 15) is 10.1 Å². The summed E-state index contributed by atoms with van der Waals surface area (Å²) in [7, 11) is 0. The highest BCUT2D eigenvalue weighted by molar-refractivity contribution is 5.54. The molecule has 1 aliphatic carbocycles. The van der Waals surface area contributed by atoms with Crippen LogP contribution >= 0.6 is 0 Å². The van der Waals surface area contributed by atoms with Crippen LogP contribution in [0.15, 0.2) is 6.20 Å². The summed E-state index contributed by atoms with van der Waals surface area (Å²) >= 11 is 0. The van der Waals surface area contributed by atoms with Gasteiger partial charge in [-0.2, -0.15) is 4.98 Å². The molecule has 2 aliphatic rings. The number of nitro groups is 1. The number of morpholine rings is 1. The molecule has 1 aromatic rings. The van der Waals surface area contributed by atoms with Gasteiger partial charge in [0.1, 0.15) is 6.20 Å². The van der Waals surface area contributed by atoms with E-state index in [0.717, 1.165) is 19.3 Å². The number of nitrogens with two attached hydrogens (primary N) is 1. The summed E-state index contributed by atoms with van der Waals surface area (Å²) in [5.74, 6) is 0.382. The Morgan fingerprint density at radius 3 is 3.00 bits per heavy atom. The summed E-state index contributed by atoms with van der Waals surface area (Å²) in [4.78, 5) is 20.5. The number of nitrogens with zero attached hydrogens (tertiary/aromatic N) is 4. The number of hydrogen-bond donors (Lipinski definition) is 1. The van der Waals surface area contributed by atoms with Crippen LogP contribution in [0.3, 0.4) is 0 Å². The predicted octanol–water partition coefficient (Wildman–Crippen LogP) is 1.11. The van der Waals surface area contributed by atoms with E-state index in [1.165, 1.54) is 12.6 Å². The molecular formula is C12H17N5O3. The second-order valence-corrected chi connectivity index (χ2v) is 5.15. The first-order valence-corrected chi connectivity index (χ1v) is 6.82. The van der Waals surface area contributed by atoms with Gasteiger partial charge in [-0.1, -0.05) is 12.8 Å². The predicted molar refractivity (Wildman–Crippen MR) is 72.4 cm³/mol. The van der Waals surface area contributed by atoms with Crippen molar-refractivity contribution in [3.8, 4) is 0 Å². The van der Waals surface area contributed by atoms with E-state index in [4.69, 9.17) is 10.5 Å². The fraction of sp³-hybridized carbons (Fsp3) is 0.667. The number of fused-ring (bicyclic) bond motifs is 1. The zero-order valence-electron chi connectivity index (χ0n) is 11.1. The third kappa shape index (κ3) is 2.26. The van der Waals surface area contributed by atoms with Gasteiger partial charge in [0, 0.05) is 6.54 Å². The number of rotatable bonds is 2. The molecule has 20 heavy (non-hydrogen) atoms. The third-order valence-electron chi connectivity index (χ3n) is 3.97. The molecule has 2 atom stereocenters. The quantitative estimate of drug-likeness (QED) is 0.638. The monoisotopic (exact) mass is 279 g/mol. The molecule has 0 unspecified atom stereocenters. The number of ether oxygens (including phenoxy) is 1. The van der Waals surface area contributed by atoms with Gasteiger partial charge in [0.25, 0.3) is 0 Å². The van der Waals surface area contributed by atoms with E-state index in [0.29, 0.717) is 19.1 Å². The average Bonchev–Trinajstić information content (AvgIpc) is 2.46. The molecule has 0 spiro atoms. The number of aromatic nitrogens is 2. The molecule has 2 heterocycles. The molecule has 108 valence electrons. The van der Waals surface area contributed by atoms with Gasteiger partial charge in [-0.25, -0.2) is 4.98 Å². The fourth-order valence-corrected chi connectivity index (χ4v) is 3.00. The van der Waals surface area contributed by atoms with E-state index < -0.39 is 4.92 Å². The second kappa shape index (κ2) is 5.20. The Hall–Kier alpha value is -1.96. The minimum Gasteiger partial charge on any atom is -0.378 e. The van der Waals surface area contributed by atoms with Crippen molar-refractivity contribution in [1.29, 1.82) is 0 Å². The van der Waals surface area contributed by atoms with Crippen molar-refractivity contribution in [1.82, 2.24) is 9.97 Å². The SMILES string of the molecule is Nc1nc(N2CCO[C@@H]3CCCC[C@H]32)ncc1[N+](=O)[O-]. The fourth-order valence-electron chi connectivity index (χ4n) is 3.00. The number of hydrogen-bond acceptors (Lipinski definition) is 7. The molecule has 1 saturated carbocycles. The summed E-state index contributed by atoms with van der Waals surface area (Å²) in [6.45, 7) is 1.32. The first kappa shape index (κ1) is 13.0. The molecule has 3 rings (SSSR count). The van der Waals surface area contributed by atoms with Crippen LogP contribution in [-0.2, 0) is 4.74 Å². The van der Waals surface area contributed by atoms with Crippen LogP contribution in [0.25, 0.3) is 0 Å². The largest absolute Gasteiger partial charge is 0.378 e. The van der Waals surface area contributed by atoms with Crippen LogP contribution in [0.1, 0.15) is 25.7 Å². The molecule has 0 radical (unpaired) electrons. The van der Waals surface area contributed by atoms with Crippen molar-refractivity contribution in [3.05, 3.63) is 16.3 Å². The summed E-state index contributed by atoms with van der Waals surface area (Å²) in [6.07, 6.45) is 5.80. The van der Waals surface area contributed by atoms with Crippen molar-refractivity contribution in [2.45, 2.75) is 37.8 Å². The summed E-state index contributed by atoms with van der Waals surface area (Å²) in [6, 6.07) is 0.248. The zero-order chi connectivity index (χ0) is 14.1. The number of nitrogen functional groups attached to an aromatic ring is 1. The van der Waals surface area contributed by atoms with Crippen LogP contribution in [0.5, 0.6) is 0 Å². The van der Waals surface area contributed by atoms with Crippen molar-refractivity contribution in [2.24, 2.45) is 0 Å². The van der Waals surface area contributed by atoms with Gasteiger partial charge >= 0.3 is 5.69 Å². The molecule has 1 saturated heterocycles. The maximum absolute atomic E-state index is 10.7. The van der Waals surface area contributed by atoms with E-state index in [2.05, 4.69) is 14.9 Å². The van der Waals surface area contributed by atoms with Crippen LogP contribution in [-0.4, -0.2) is 40.2 Å². The van der Waals surface area contributed by atoms with E-state index >= 15 is 0 Å². The Balaban J connectivity index is 1.87. The topological polar surface area (TPSA) is 107 Å². The highest BCUT2D eigenvalue weighted by atomic mass is 16.6. The van der Waals surface area contributed by atoms with Crippen LogP contribution in [0.4, 0.5) is 17.5 Å². The molecule has 8 nitrogen and oxygen atoms in total. The van der Waals surface area contributed by atoms with Gasteiger partial charge in [0.2, 0.25) is 11.8 Å². The lowest BCUT2D eigenvalue weighted by atomic mass is 9.90. The zero-order valence-corrected chi connectivity index (χ0v) is 11.1. The Bertz CT molecular complexity index is 522. The molecule has 0 amide bonds. The van der Waals surface area contributed by atoms with Gasteiger partial charge < -0.3 is 15.4 Å². The van der Waals surface area contributed by atoms with Gasteiger partial charge in [-0.05, 0) is 12.8 Å². The van der Waals surface area contributed by atoms with Gasteiger partial charge in [-0.15, -0.1) is 0 Å². The molecular weight excluding hydrogens is 262 g/mol. The molecule has 2 fully saturated rings. The highest BCUT2D eigenvalue weighted by Crippen LogP contribution is 2.31. The van der Waals surface area contributed by atoms with Gasteiger partial charge in [0.15, 0.2) is 0 Å². The van der Waals surface area contributed by atoms with Crippen molar-refractivity contribution < 1.29 is 9.66 Å². The summed E-state index contributed by atoms with van der Waals surface area (Å²) < 4.78 is 5.79. The summed E-state index contributed by atoms with van der Waals surface area (Å²) in [5.41, 5.74) is 5.40. The second-order valence-electron chi connectivity index (χ2n) is 5.15. The van der Waals surface area contributed by atoms with Crippen LogP contribution in [0.2, 0.25) is 0 Å². The van der Waals surface area contributed by atoms with Crippen molar-refractivity contribution in [3.63, 3.8) is 0 Å². The molecule has 0 bridgehead atoms. The third-order valence-corrected chi connectivity index (χ3v) is 3.97. The van der Waals surface area contributed by atoms with Gasteiger partial charge in [-0.3, -0.25) is 10.1 Å². The van der Waals surface area contributed by atoms with E-state index in [1.807, 2.05) is 0 Å². The Morgan fingerprint density at radius 1 is 1.45 bits per heavy atom. The van der Waals surface area contributed by atoms with Crippen LogP contribution in [0, 0.1) is 10.1 Å². The summed E-state index contributed by atoms with van der Waals surface area (Å²) in [5, 5.41) is 10.7. The molecule has 0 aromatic carbocycles. The minimum absolute atomic E-state index is 0.0844. The van der Waals surface area contributed by atoms with E-state index in [1.54, 1.807) is 0 Å². The lowest BCUT2D eigenvalue weighted by molar-refractivity contribution is -0.384. The Kier molecular flexibility index (Phi) is 3.39. The van der Waals surface area contributed by atoms with Crippen molar-refractivity contribution in [2.75, 3.05) is 23.8 Å². The normalized spacial score (nSPS) is 26.1. The maximum Gasteiger partial charge on any atom is 0.329 e. The first-order chi connectivity index (χ1) is 9.66. The van der Waals surface area contributed by atoms with E-state index in [-0.39, 0.29) is 23.7 Å². The highest BCUT2D eigenvalue weighted by Gasteiger charge is 2.35. The van der Waals surface area contributed by atoms with Crippen LogP contribution < -0.4 is 10.6 Å². The minimum atomic E-state index is -0.568. The molecule has 8 heteroatoms. The Labute approximate surface area is 116 Å². The average molecular weight is 279 g/mol. The smallest absolute Gasteiger partial charge is 0.329 e. The Morgan fingerprint density at radius 2 is 2.25 bits per heavy atom. The molecule has 2 N–H and O–H groups in total. The lowest BCUT2D eigenvalue weighted by Gasteiger charge is -2.43.